The standard InChI is InChI=1S/C41H28N2S/c1-27-33(19-11-20-34(27)31-22-23-40-36(25-31)35-18-8-9-21-39(35)44-40)30-16-10-17-32(24-30)41-42-37(28-12-4-2-5-13-28)26-38(43-41)29-14-6-3-7-15-29/h2-26H,1H3. The van der Waals surface area contributed by atoms with E-state index in [-0.39, 0.29) is 0 Å². The predicted octanol–water partition coefficient (Wildman–Crippen LogP) is 11.5. The topological polar surface area (TPSA) is 25.8 Å². The highest BCUT2D eigenvalue weighted by atomic mass is 32.1. The van der Waals surface area contributed by atoms with Gasteiger partial charge in [-0.1, -0.05) is 121 Å². The minimum Gasteiger partial charge on any atom is -0.228 e. The molecule has 2 heterocycles. The Kier molecular flexibility index (Phi) is 6.59. The Morgan fingerprint density at radius 2 is 0.955 bits per heavy atom. The van der Waals surface area contributed by atoms with Gasteiger partial charge in [0.1, 0.15) is 0 Å². The minimum atomic E-state index is 0.718. The van der Waals surface area contributed by atoms with Crippen molar-refractivity contribution < 1.29 is 0 Å². The first-order valence-electron chi connectivity index (χ1n) is 14.8. The Morgan fingerprint density at radius 1 is 0.409 bits per heavy atom. The Hall–Kier alpha value is -5.38. The van der Waals surface area contributed by atoms with Gasteiger partial charge in [0.25, 0.3) is 0 Å². The van der Waals surface area contributed by atoms with Gasteiger partial charge in [0.05, 0.1) is 11.4 Å². The molecule has 44 heavy (non-hydrogen) atoms. The highest BCUT2D eigenvalue weighted by Gasteiger charge is 2.14. The molecule has 0 radical (unpaired) electrons. The predicted molar refractivity (Wildman–Crippen MR) is 187 cm³/mol. The van der Waals surface area contributed by atoms with Crippen molar-refractivity contribution in [3.05, 3.63) is 157 Å². The van der Waals surface area contributed by atoms with Crippen molar-refractivity contribution >= 4 is 31.5 Å². The lowest BCUT2D eigenvalue weighted by Crippen LogP contribution is -1.96. The smallest absolute Gasteiger partial charge is 0.160 e. The van der Waals surface area contributed by atoms with Crippen LogP contribution in [-0.4, -0.2) is 9.97 Å². The molecule has 0 saturated carbocycles. The van der Waals surface area contributed by atoms with Crippen molar-refractivity contribution in [3.8, 4) is 56.2 Å². The second kappa shape index (κ2) is 11.0. The Morgan fingerprint density at radius 3 is 1.66 bits per heavy atom. The largest absolute Gasteiger partial charge is 0.228 e. The van der Waals surface area contributed by atoms with Gasteiger partial charge in [-0.2, -0.15) is 0 Å². The van der Waals surface area contributed by atoms with E-state index in [2.05, 4.69) is 122 Å². The van der Waals surface area contributed by atoms with E-state index in [1.165, 1.54) is 42.4 Å². The highest BCUT2D eigenvalue weighted by Crippen LogP contribution is 2.39. The average Bonchev–Trinajstić information content (AvgIpc) is 3.47. The lowest BCUT2D eigenvalue weighted by Gasteiger charge is -2.14. The van der Waals surface area contributed by atoms with Crippen molar-refractivity contribution in [3.63, 3.8) is 0 Å². The van der Waals surface area contributed by atoms with Crippen LogP contribution < -0.4 is 0 Å². The van der Waals surface area contributed by atoms with Gasteiger partial charge in [0.15, 0.2) is 5.82 Å². The molecule has 2 aromatic heterocycles. The normalized spacial score (nSPS) is 11.3. The molecule has 0 fully saturated rings. The first-order chi connectivity index (χ1) is 21.7. The molecular weight excluding hydrogens is 553 g/mol. The van der Waals surface area contributed by atoms with E-state index in [4.69, 9.17) is 9.97 Å². The van der Waals surface area contributed by atoms with Crippen LogP contribution in [0.3, 0.4) is 0 Å². The van der Waals surface area contributed by atoms with Crippen molar-refractivity contribution in [1.82, 2.24) is 9.97 Å². The molecule has 0 unspecified atom stereocenters. The van der Waals surface area contributed by atoms with E-state index in [1.54, 1.807) is 0 Å². The minimum absolute atomic E-state index is 0.718. The molecule has 8 aromatic rings. The van der Waals surface area contributed by atoms with E-state index < -0.39 is 0 Å². The van der Waals surface area contributed by atoms with Gasteiger partial charge in [-0.3, -0.25) is 0 Å². The summed E-state index contributed by atoms with van der Waals surface area (Å²) < 4.78 is 2.65. The Balaban J connectivity index is 1.23. The van der Waals surface area contributed by atoms with Crippen LogP contribution in [0, 0.1) is 6.92 Å². The average molecular weight is 581 g/mol. The maximum atomic E-state index is 5.06. The van der Waals surface area contributed by atoms with Crippen LogP contribution in [0.5, 0.6) is 0 Å². The Labute approximate surface area is 261 Å². The number of aromatic nitrogens is 2. The lowest BCUT2D eigenvalue weighted by atomic mass is 9.91. The number of fused-ring (bicyclic) bond motifs is 3. The summed E-state index contributed by atoms with van der Waals surface area (Å²) in [5, 5.41) is 2.64. The third-order valence-electron chi connectivity index (χ3n) is 8.32. The molecular formula is C41H28N2S. The van der Waals surface area contributed by atoms with Crippen LogP contribution in [0.4, 0.5) is 0 Å². The molecule has 0 aliphatic carbocycles. The van der Waals surface area contributed by atoms with Crippen molar-refractivity contribution in [2.24, 2.45) is 0 Å². The summed E-state index contributed by atoms with van der Waals surface area (Å²) in [4.78, 5) is 10.1. The summed E-state index contributed by atoms with van der Waals surface area (Å²) in [6.07, 6.45) is 0. The van der Waals surface area contributed by atoms with Gasteiger partial charge < -0.3 is 0 Å². The third kappa shape index (κ3) is 4.78. The molecule has 8 rings (SSSR count). The fourth-order valence-corrected chi connectivity index (χ4v) is 7.16. The molecule has 0 amide bonds. The zero-order valence-electron chi connectivity index (χ0n) is 24.2. The van der Waals surface area contributed by atoms with E-state index in [1.807, 2.05) is 47.7 Å². The molecule has 0 aliphatic rings. The number of rotatable bonds is 5. The summed E-state index contributed by atoms with van der Waals surface area (Å²) in [5.41, 5.74) is 11.1. The van der Waals surface area contributed by atoms with Gasteiger partial charge in [0, 0.05) is 36.9 Å². The molecule has 0 N–H and O–H groups in total. The Bertz CT molecular complexity index is 2230. The first-order valence-corrected chi connectivity index (χ1v) is 15.6. The third-order valence-corrected chi connectivity index (χ3v) is 9.47. The maximum Gasteiger partial charge on any atom is 0.160 e. The fourth-order valence-electron chi connectivity index (χ4n) is 6.07. The molecule has 3 heteroatoms. The van der Waals surface area contributed by atoms with E-state index in [0.717, 1.165) is 39.5 Å². The maximum absolute atomic E-state index is 5.06. The van der Waals surface area contributed by atoms with Gasteiger partial charge in [0.2, 0.25) is 0 Å². The molecule has 0 spiro atoms. The zero-order valence-corrected chi connectivity index (χ0v) is 25.1. The number of benzene rings is 6. The summed E-state index contributed by atoms with van der Waals surface area (Å²) in [7, 11) is 0. The summed E-state index contributed by atoms with van der Waals surface area (Å²) >= 11 is 1.86. The van der Waals surface area contributed by atoms with Crippen LogP contribution in [-0.2, 0) is 0 Å². The van der Waals surface area contributed by atoms with Gasteiger partial charge in [-0.05, 0) is 65.1 Å². The van der Waals surface area contributed by atoms with E-state index in [0.29, 0.717) is 0 Å². The van der Waals surface area contributed by atoms with Gasteiger partial charge >= 0.3 is 0 Å². The number of hydrogen-bond donors (Lipinski definition) is 0. The summed E-state index contributed by atoms with van der Waals surface area (Å²) in [6.45, 7) is 2.23. The van der Waals surface area contributed by atoms with Crippen LogP contribution in [0.1, 0.15) is 5.56 Å². The summed E-state index contributed by atoms with van der Waals surface area (Å²) in [6, 6.07) is 53.5. The van der Waals surface area contributed by atoms with Crippen LogP contribution in [0.25, 0.3) is 76.3 Å². The SMILES string of the molecule is Cc1c(-c2cccc(-c3nc(-c4ccccc4)cc(-c4ccccc4)n3)c2)cccc1-c1ccc2sc3ccccc3c2c1. The molecule has 0 atom stereocenters. The highest BCUT2D eigenvalue weighted by molar-refractivity contribution is 7.25. The number of nitrogens with zero attached hydrogens (tertiary/aromatic N) is 2. The molecule has 0 bridgehead atoms. The second-order valence-corrected chi connectivity index (χ2v) is 12.1. The molecule has 208 valence electrons. The number of thiophene rings is 1. The van der Waals surface area contributed by atoms with Gasteiger partial charge in [-0.15, -0.1) is 11.3 Å². The zero-order chi connectivity index (χ0) is 29.5. The lowest BCUT2D eigenvalue weighted by molar-refractivity contribution is 1.18. The summed E-state index contributed by atoms with van der Waals surface area (Å²) in [5.74, 6) is 0.718. The van der Waals surface area contributed by atoms with Crippen LogP contribution in [0.2, 0.25) is 0 Å². The van der Waals surface area contributed by atoms with Crippen molar-refractivity contribution in [2.45, 2.75) is 6.92 Å². The first kappa shape index (κ1) is 26.3. The van der Waals surface area contributed by atoms with Crippen LogP contribution >= 0.6 is 11.3 Å². The second-order valence-electron chi connectivity index (χ2n) is 11.1. The molecule has 0 saturated heterocycles. The molecule has 0 aliphatic heterocycles. The fraction of sp³-hybridized carbons (Fsp3) is 0.0244. The molecule has 2 nitrogen and oxygen atoms in total. The van der Waals surface area contributed by atoms with Gasteiger partial charge in [-0.25, -0.2) is 9.97 Å². The van der Waals surface area contributed by atoms with E-state index in [9.17, 15) is 0 Å². The van der Waals surface area contributed by atoms with E-state index >= 15 is 0 Å². The van der Waals surface area contributed by atoms with Crippen LogP contribution in [0.15, 0.2) is 152 Å². The van der Waals surface area contributed by atoms with Crippen molar-refractivity contribution in [1.29, 1.82) is 0 Å². The molecule has 6 aromatic carbocycles. The van der Waals surface area contributed by atoms with Crippen molar-refractivity contribution in [2.75, 3.05) is 0 Å². The number of hydrogen-bond acceptors (Lipinski definition) is 3. The monoisotopic (exact) mass is 580 g/mol. The quantitative estimate of drug-likeness (QED) is 0.202.